The fourth-order valence-electron chi connectivity index (χ4n) is 4.26. The lowest BCUT2D eigenvalue weighted by molar-refractivity contribution is -0.148. The van der Waals surface area contributed by atoms with Crippen molar-refractivity contribution in [1.29, 1.82) is 0 Å². The van der Waals surface area contributed by atoms with Gasteiger partial charge in [-0.1, -0.05) is 60.7 Å². The zero-order valence-corrected chi connectivity index (χ0v) is 15.1. The Hall–Kier alpha value is -2.39. The second-order valence-electron chi connectivity index (χ2n) is 7.00. The predicted octanol–water partition coefficient (Wildman–Crippen LogP) is 4.42. The van der Waals surface area contributed by atoms with E-state index < -0.39 is 0 Å². The maximum absolute atomic E-state index is 12.6. The van der Waals surface area contributed by atoms with E-state index in [0.717, 1.165) is 36.0 Å². The standard InChI is InChI=1S/C23H24O3/c1-2-25-21-18(15-16-9-5-3-6-10-16)13-14-19-20(23(24)26-22(19)21)17-11-7-4-8-12-17/h3-12,18,21-22H,2,13-15H2,1H3. The Bertz CT molecular complexity index is 795. The Morgan fingerprint density at radius 1 is 1.04 bits per heavy atom. The van der Waals surface area contributed by atoms with Gasteiger partial charge < -0.3 is 9.47 Å². The van der Waals surface area contributed by atoms with Gasteiger partial charge in [0.2, 0.25) is 0 Å². The number of carbonyl (C=O) groups is 1. The van der Waals surface area contributed by atoms with Crippen LogP contribution in [-0.2, 0) is 20.7 Å². The van der Waals surface area contributed by atoms with Crippen molar-refractivity contribution >= 4 is 11.5 Å². The van der Waals surface area contributed by atoms with Crippen LogP contribution in [0.1, 0.15) is 30.9 Å². The molecule has 1 heterocycles. The van der Waals surface area contributed by atoms with E-state index >= 15 is 0 Å². The van der Waals surface area contributed by atoms with Gasteiger partial charge in [-0.25, -0.2) is 4.79 Å². The molecular formula is C23H24O3. The molecule has 0 amide bonds. The van der Waals surface area contributed by atoms with Crippen LogP contribution in [0.4, 0.5) is 0 Å². The number of hydrogen-bond acceptors (Lipinski definition) is 3. The summed E-state index contributed by atoms with van der Waals surface area (Å²) in [6, 6.07) is 20.4. The molecule has 26 heavy (non-hydrogen) atoms. The van der Waals surface area contributed by atoms with E-state index in [9.17, 15) is 4.79 Å². The Labute approximate surface area is 154 Å². The van der Waals surface area contributed by atoms with E-state index in [1.807, 2.05) is 43.3 Å². The molecule has 1 aliphatic carbocycles. The normalized spacial score (nSPS) is 25.1. The van der Waals surface area contributed by atoms with Gasteiger partial charge >= 0.3 is 5.97 Å². The minimum atomic E-state index is -0.250. The van der Waals surface area contributed by atoms with Crippen LogP contribution in [0.5, 0.6) is 0 Å². The summed E-state index contributed by atoms with van der Waals surface area (Å²) in [6.07, 6.45) is 2.53. The number of benzene rings is 2. The number of fused-ring (bicyclic) bond motifs is 1. The molecule has 2 aromatic rings. The summed E-state index contributed by atoms with van der Waals surface area (Å²) < 4.78 is 11.9. The largest absolute Gasteiger partial charge is 0.451 e. The molecule has 3 atom stereocenters. The smallest absolute Gasteiger partial charge is 0.339 e. The van der Waals surface area contributed by atoms with Gasteiger partial charge in [-0.15, -0.1) is 0 Å². The number of hydrogen-bond donors (Lipinski definition) is 0. The average molecular weight is 348 g/mol. The lowest BCUT2D eigenvalue weighted by Crippen LogP contribution is -2.42. The SMILES string of the molecule is CCOC1C(Cc2ccccc2)CCC2=C(c3ccccc3)C(=O)OC21. The number of carbonyl (C=O) groups excluding carboxylic acids is 1. The highest BCUT2D eigenvalue weighted by molar-refractivity contribution is 6.19. The molecule has 0 saturated heterocycles. The van der Waals surface area contributed by atoms with Gasteiger partial charge in [-0.05, 0) is 48.8 Å². The van der Waals surface area contributed by atoms with E-state index in [1.165, 1.54) is 5.56 Å². The van der Waals surface area contributed by atoms with Crippen LogP contribution in [0, 0.1) is 5.92 Å². The van der Waals surface area contributed by atoms with E-state index in [0.29, 0.717) is 12.5 Å². The monoisotopic (exact) mass is 348 g/mol. The highest BCUT2D eigenvalue weighted by Gasteiger charge is 2.46. The van der Waals surface area contributed by atoms with Gasteiger partial charge in [0.15, 0.2) is 6.10 Å². The van der Waals surface area contributed by atoms with Gasteiger partial charge in [0.1, 0.15) is 6.10 Å². The summed E-state index contributed by atoms with van der Waals surface area (Å²) in [7, 11) is 0. The third-order valence-electron chi connectivity index (χ3n) is 5.41. The van der Waals surface area contributed by atoms with Gasteiger partial charge in [-0.2, -0.15) is 0 Å². The molecule has 0 aromatic heterocycles. The fourth-order valence-corrected chi connectivity index (χ4v) is 4.26. The lowest BCUT2D eigenvalue weighted by atomic mass is 9.77. The van der Waals surface area contributed by atoms with Crippen LogP contribution in [0.2, 0.25) is 0 Å². The molecule has 4 rings (SSSR count). The van der Waals surface area contributed by atoms with Crippen LogP contribution in [0.3, 0.4) is 0 Å². The van der Waals surface area contributed by atoms with E-state index in [-0.39, 0.29) is 18.2 Å². The van der Waals surface area contributed by atoms with Crippen LogP contribution < -0.4 is 0 Å². The molecule has 0 radical (unpaired) electrons. The van der Waals surface area contributed by atoms with Gasteiger partial charge in [0, 0.05) is 6.61 Å². The molecule has 134 valence electrons. The van der Waals surface area contributed by atoms with Crippen molar-refractivity contribution in [1.82, 2.24) is 0 Å². The first kappa shape index (κ1) is 17.0. The summed E-state index contributed by atoms with van der Waals surface area (Å²) in [4.78, 5) is 12.6. The summed E-state index contributed by atoms with van der Waals surface area (Å²) in [6.45, 7) is 2.63. The highest BCUT2D eigenvalue weighted by Crippen LogP contribution is 2.43. The van der Waals surface area contributed by atoms with Crippen LogP contribution >= 0.6 is 0 Å². The first-order valence-corrected chi connectivity index (χ1v) is 9.43. The highest BCUT2D eigenvalue weighted by atomic mass is 16.6. The topological polar surface area (TPSA) is 35.5 Å². The quantitative estimate of drug-likeness (QED) is 0.750. The molecule has 3 heteroatoms. The molecule has 0 bridgehead atoms. The summed E-state index contributed by atoms with van der Waals surface area (Å²) in [5.41, 5.74) is 4.12. The molecule has 0 spiro atoms. The van der Waals surface area contributed by atoms with Crippen LogP contribution in [-0.4, -0.2) is 24.8 Å². The molecule has 1 fully saturated rings. The van der Waals surface area contributed by atoms with Crippen LogP contribution in [0.15, 0.2) is 66.2 Å². The maximum Gasteiger partial charge on any atom is 0.339 e. The number of ether oxygens (including phenoxy) is 2. The minimum absolute atomic E-state index is 0.0749. The third kappa shape index (κ3) is 3.19. The molecule has 2 aromatic carbocycles. The van der Waals surface area contributed by atoms with Crippen molar-refractivity contribution in [3.05, 3.63) is 77.4 Å². The molecule has 3 unspecified atom stereocenters. The van der Waals surface area contributed by atoms with Gasteiger partial charge in [-0.3, -0.25) is 0 Å². The summed E-state index contributed by atoms with van der Waals surface area (Å²) in [5.74, 6) is 0.148. The predicted molar refractivity (Wildman–Crippen MR) is 102 cm³/mol. The third-order valence-corrected chi connectivity index (χ3v) is 5.41. The minimum Gasteiger partial charge on any atom is -0.451 e. The van der Waals surface area contributed by atoms with Crippen molar-refractivity contribution in [2.45, 2.75) is 38.4 Å². The van der Waals surface area contributed by atoms with Crippen molar-refractivity contribution in [3.63, 3.8) is 0 Å². The number of rotatable bonds is 5. The zero-order valence-electron chi connectivity index (χ0n) is 15.1. The van der Waals surface area contributed by atoms with E-state index in [4.69, 9.17) is 9.47 Å². The fraction of sp³-hybridized carbons (Fsp3) is 0.348. The summed E-state index contributed by atoms with van der Waals surface area (Å²) >= 11 is 0. The molecule has 3 nitrogen and oxygen atoms in total. The molecular weight excluding hydrogens is 324 g/mol. The molecule has 2 aliphatic rings. The second-order valence-corrected chi connectivity index (χ2v) is 7.00. The average Bonchev–Trinajstić information content (AvgIpc) is 3.01. The van der Waals surface area contributed by atoms with Crippen LogP contribution in [0.25, 0.3) is 5.57 Å². The Kier molecular flexibility index (Phi) is 4.89. The van der Waals surface area contributed by atoms with Crippen molar-refractivity contribution < 1.29 is 14.3 Å². The van der Waals surface area contributed by atoms with Gasteiger partial charge in [0.25, 0.3) is 0 Å². The van der Waals surface area contributed by atoms with E-state index in [1.54, 1.807) is 0 Å². The summed E-state index contributed by atoms with van der Waals surface area (Å²) in [5, 5.41) is 0. The molecule has 1 saturated carbocycles. The second kappa shape index (κ2) is 7.46. The van der Waals surface area contributed by atoms with Crippen molar-refractivity contribution in [3.8, 4) is 0 Å². The van der Waals surface area contributed by atoms with Crippen molar-refractivity contribution in [2.24, 2.45) is 5.92 Å². The lowest BCUT2D eigenvalue weighted by Gasteiger charge is -2.36. The Morgan fingerprint density at radius 2 is 1.73 bits per heavy atom. The zero-order chi connectivity index (χ0) is 17.9. The first-order valence-electron chi connectivity index (χ1n) is 9.43. The Morgan fingerprint density at radius 3 is 2.42 bits per heavy atom. The van der Waals surface area contributed by atoms with Gasteiger partial charge in [0.05, 0.1) is 5.57 Å². The Balaban J connectivity index is 1.64. The van der Waals surface area contributed by atoms with Crippen molar-refractivity contribution in [2.75, 3.05) is 6.61 Å². The first-order chi connectivity index (χ1) is 12.8. The maximum atomic E-state index is 12.6. The van der Waals surface area contributed by atoms with E-state index in [2.05, 4.69) is 24.3 Å². The molecule has 0 N–H and O–H groups in total. The number of esters is 1. The molecule has 1 aliphatic heterocycles.